The van der Waals surface area contributed by atoms with E-state index in [0.29, 0.717) is 5.41 Å². The van der Waals surface area contributed by atoms with Crippen molar-refractivity contribution in [3.05, 3.63) is 0 Å². The molecule has 72 valence electrons. The Kier molecular flexibility index (Phi) is 4.63. The van der Waals surface area contributed by atoms with E-state index >= 15 is 0 Å². The molecule has 0 unspecified atom stereocenters. The van der Waals surface area contributed by atoms with Crippen molar-refractivity contribution in [3.8, 4) is 0 Å². The topological polar surface area (TPSA) is 0 Å². The number of unbranched alkanes of at least 4 members (excludes halogenated alkanes) is 1. The standard InChI is InChI=1S/C11H21Br/c1-2-3-7-11(10-12)8-5-4-6-9-11/h2-10H2,1H3. The summed E-state index contributed by atoms with van der Waals surface area (Å²) in [6.45, 7) is 2.30. The minimum atomic E-state index is 0.689. The van der Waals surface area contributed by atoms with Gasteiger partial charge in [-0.1, -0.05) is 55.0 Å². The fourth-order valence-electron chi connectivity index (χ4n) is 2.30. The Bertz CT molecular complexity index is 114. The van der Waals surface area contributed by atoms with Crippen molar-refractivity contribution >= 4 is 15.9 Å². The monoisotopic (exact) mass is 232 g/mol. The predicted octanol–water partition coefficient (Wildman–Crippen LogP) is 4.52. The van der Waals surface area contributed by atoms with Gasteiger partial charge in [-0.05, 0) is 24.7 Å². The highest BCUT2D eigenvalue weighted by molar-refractivity contribution is 9.09. The highest BCUT2D eigenvalue weighted by Crippen LogP contribution is 2.41. The molecular weight excluding hydrogens is 212 g/mol. The van der Waals surface area contributed by atoms with E-state index in [-0.39, 0.29) is 0 Å². The minimum absolute atomic E-state index is 0.689. The van der Waals surface area contributed by atoms with Crippen molar-refractivity contribution in [1.29, 1.82) is 0 Å². The lowest BCUT2D eigenvalue weighted by Gasteiger charge is -2.35. The smallest absolute Gasteiger partial charge is 0.00879 e. The number of halogens is 1. The molecule has 1 fully saturated rings. The van der Waals surface area contributed by atoms with Gasteiger partial charge in [-0.25, -0.2) is 0 Å². The summed E-state index contributed by atoms with van der Waals surface area (Å²) in [6.07, 6.45) is 11.6. The van der Waals surface area contributed by atoms with Gasteiger partial charge in [0.15, 0.2) is 0 Å². The van der Waals surface area contributed by atoms with Crippen molar-refractivity contribution < 1.29 is 0 Å². The van der Waals surface area contributed by atoms with Crippen LogP contribution in [0.2, 0.25) is 0 Å². The third-order valence-electron chi connectivity index (χ3n) is 3.26. The summed E-state index contributed by atoms with van der Waals surface area (Å²) in [4.78, 5) is 0. The molecule has 1 aliphatic rings. The fourth-order valence-corrected chi connectivity index (χ4v) is 3.15. The molecule has 1 rings (SSSR count). The van der Waals surface area contributed by atoms with Gasteiger partial charge in [-0.3, -0.25) is 0 Å². The van der Waals surface area contributed by atoms with Crippen LogP contribution < -0.4 is 0 Å². The molecule has 0 nitrogen and oxygen atoms in total. The molecule has 0 bridgehead atoms. The van der Waals surface area contributed by atoms with Crippen LogP contribution in [0, 0.1) is 5.41 Å². The fraction of sp³-hybridized carbons (Fsp3) is 1.00. The quantitative estimate of drug-likeness (QED) is 0.626. The predicted molar refractivity (Wildman–Crippen MR) is 58.8 cm³/mol. The summed E-state index contributed by atoms with van der Waals surface area (Å²) in [7, 11) is 0. The van der Waals surface area contributed by atoms with Gasteiger partial charge in [0.1, 0.15) is 0 Å². The van der Waals surface area contributed by atoms with E-state index in [9.17, 15) is 0 Å². The van der Waals surface area contributed by atoms with Gasteiger partial charge in [0, 0.05) is 5.33 Å². The second-order valence-corrected chi connectivity index (χ2v) is 4.86. The summed E-state index contributed by atoms with van der Waals surface area (Å²) in [5.74, 6) is 0. The highest BCUT2D eigenvalue weighted by atomic mass is 79.9. The number of rotatable bonds is 4. The molecule has 1 aliphatic carbocycles. The van der Waals surface area contributed by atoms with Crippen LogP contribution in [0.25, 0.3) is 0 Å². The van der Waals surface area contributed by atoms with Crippen LogP contribution in [-0.4, -0.2) is 5.33 Å². The van der Waals surface area contributed by atoms with Gasteiger partial charge in [-0.2, -0.15) is 0 Å². The lowest BCUT2D eigenvalue weighted by atomic mass is 9.72. The molecule has 0 spiro atoms. The third-order valence-corrected chi connectivity index (χ3v) is 4.45. The summed E-state index contributed by atoms with van der Waals surface area (Å²) in [6, 6.07) is 0. The Morgan fingerprint density at radius 1 is 1.17 bits per heavy atom. The number of hydrogen-bond acceptors (Lipinski definition) is 0. The molecule has 0 heterocycles. The van der Waals surface area contributed by atoms with Crippen molar-refractivity contribution in [2.24, 2.45) is 5.41 Å². The van der Waals surface area contributed by atoms with Crippen LogP contribution in [0.3, 0.4) is 0 Å². The van der Waals surface area contributed by atoms with E-state index < -0.39 is 0 Å². The second kappa shape index (κ2) is 5.26. The maximum atomic E-state index is 3.70. The Balaban J connectivity index is 2.37. The number of hydrogen-bond donors (Lipinski definition) is 0. The van der Waals surface area contributed by atoms with Gasteiger partial charge in [0.2, 0.25) is 0 Å². The summed E-state index contributed by atoms with van der Waals surface area (Å²) in [5.41, 5.74) is 0.689. The third kappa shape index (κ3) is 2.76. The van der Waals surface area contributed by atoms with Crippen LogP contribution in [0.4, 0.5) is 0 Å². The van der Waals surface area contributed by atoms with Gasteiger partial charge in [0.05, 0.1) is 0 Å². The van der Waals surface area contributed by atoms with E-state index in [1.165, 1.54) is 56.7 Å². The molecule has 0 aromatic heterocycles. The summed E-state index contributed by atoms with van der Waals surface area (Å²) < 4.78 is 0. The molecule has 0 N–H and O–H groups in total. The Labute approximate surface area is 85.3 Å². The van der Waals surface area contributed by atoms with Crippen LogP contribution in [0.1, 0.15) is 58.3 Å². The number of alkyl halides is 1. The molecule has 0 aromatic carbocycles. The summed E-state index contributed by atoms with van der Waals surface area (Å²) >= 11 is 3.70. The Morgan fingerprint density at radius 3 is 2.33 bits per heavy atom. The lowest BCUT2D eigenvalue weighted by molar-refractivity contribution is 0.202. The zero-order valence-electron chi connectivity index (χ0n) is 8.24. The molecule has 0 aliphatic heterocycles. The highest BCUT2D eigenvalue weighted by Gasteiger charge is 2.29. The van der Waals surface area contributed by atoms with Gasteiger partial charge in [-0.15, -0.1) is 0 Å². The first-order chi connectivity index (χ1) is 5.83. The molecule has 0 saturated heterocycles. The maximum absolute atomic E-state index is 3.70. The Hall–Kier alpha value is 0.480. The summed E-state index contributed by atoms with van der Waals surface area (Å²) in [5, 5.41) is 1.24. The normalized spacial score (nSPS) is 22.5. The van der Waals surface area contributed by atoms with Crippen LogP contribution in [-0.2, 0) is 0 Å². The first kappa shape index (κ1) is 10.6. The molecule has 1 saturated carbocycles. The van der Waals surface area contributed by atoms with Crippen LogP contribution in [0.15, 0.2) is 0 Å². The van der Waals surface area contributed by atoms with Crippen molar-refractivity contribution in [2.45, 2.75) is 58.3 Å². The molecule has 0 atom stereocenters. The largest absolute Gasteiger partial charge is 0.0922 e. The van der Waals surface area contributed by atoms with Crippen molar-refractivity contribution in [2.75, 3.05) is 5.33 Å². The van der Waals surface area contributed by atoms with Gasteiger partial charge < -0.3 is 0 Å². The average Bonchev–Trinajstić information content (AvgIpc) is 2.16. The zero-order valence-corrected chi connectivity index (χ0v) is 9.83. The van der Waals surface area contributed by atoms with E-state index in [1.807, 2.05) is 0 Å². The molecule has 0 aromatic rings. The first-order valence-electron chi connectivity index (χ1n) is 5.39. The SMILES string of the molecule is CCCCC1(CBr)CCCCC1. The van der Waals surface area contributed by atoms with Crippen molar-refractivity contribution in [3.63, 3.8) is 0 Å². The van der Waals surface area contributed by atoms with Gasteiger partial charge >= 0.3 is 0 Å². The van der Waals surface area contributed by atoms with Crippen LogP contribution in [0.5, 0.6) is 0 Å². The molecule has 0 amide bonds. The van der Waals surface area contributed by atoms with E-state index in [2.05, 4.69) is 22.9 Å². The van der Waals surface area contributed by atoms with E-state index in [4.69, 9.17) is 0 Å². The second-order valence-electron chi connectivity index (χ2n) is 4.30. The molecule has 12 heavy (non-hydrogen) atoms. The van der Waals surface area contributed by atoms with Gasteiger partial charge in [0.25, 0.3) is 0 Å². The first-order valence-corrected chi connectivity index (χ1v) is 6.51. The maximum Gasteiger partial charge on any atom is 0.00879 e. The average molecular weight is 233 g/mol. The molecule has 0 radical (unpaired) electrons. The molecular formula is C11H21Br. The Morgan fingerprint density at radius 2 is 1.83 bits per heavy atom. The molecule has 1 heteroatoms. The van der Waals surface area contributed by atoms with E-state index in [0.717, 1.165) is 0 Å². The minimum Gasteiger partial charge on any atom is -0.0922 e. The zero-order chi connectivity index (χ0) is 8.86. The van der Waals surface area contributed by atoms with Crippen molar-refractivity contribution in [1.82, 2.24) is 0 Å². The lowest BCUT2D eigenvalue weighted by Crippen LogP contribution is -2.25. The van der Waals surface area contributed by atoms with Crippen LogP contribution >= 0.6 is 15.9 Å². The van der Waals surface area contributed by atoms with E-state index in [1.54, 1.807) is 0 Å².